The van der Waals surface area contributed by atoms with Crippen molar-refractivity contribution in [3.63, 3.8) is 0 Å². The first-order valence-electron chi connectivity index (χ1n) is 7.12. The maximum absolute atomic E-state index is 12.5. The molecule has 0 spiro atoms. The normalized spacial score (nSPS) is 13.8. The van der Waals surface area contributed by atoms with Crippen molar-refractivity contribution in [2.24, 2.45) is 0 Å². The van der Waals surface area contributed by atoms with Crippen LogP contribution in [0.25, 0.3) is 0 Å². The second-order valence-electron chi connectivity index (χ2n) is 5.41. The number of benzene rings is 1. The molecule has 0 atom stereocenters. The standard InChI is InChI=1S/C15H16N4O3/c1-11-4-5-13-12(9-11)3-2-7-18(13)15(20)10-17-8-6-14(16-17)19(21)22/h4-6,8-9H,2-3,7,10H2,1H3. The van der Waals surface area contributed by atoms with Crippen molar-refractivity contribution in [3.05, 3.63) is 51.7 Å². The second-order valence-corrected chi connectivity index (χ2v) is 5.41. The Morgan fingerprint density at radius 3 is 2.95 bits per heavy atom. The Kier molecular flexibility index (Phi) is 3.62. The molecule has 7 heteroatoms. The van der Waals surface area contributed by atoms with Gasteiger partial charge < -0.3 is 15.0 Å². The van der Waals surface area contributed by atoms with E-state index in [2.05, 4.69) is 11.2 Å². The van der Waals surface area contributed by atoms with Crippen LogP contribution in [0, 0.1) is 17.0 Å². The van der Waals surface area contributed by atoms with E-state index < -0.39 is 4.92 Å². The molecule has 1 aromatic carbocycles. The summed E-state index contributed by atoms with van der Waals surface area (Å²) in [6, 6.07) is 7.35. The van der Waals surface area contributed by atoms with Gasteiger partial charge in [-0.25, -0.2) is 0 Å². The first-order chi connectivity index (χ1) is 10.5. The Hall–Kier alpha value is -2.70. The van der Waals surface area contributed by atoms with Gasteiger partial charge in [0.25, 0.3) is 5.91 Å². The number of aryl methyl sites for hydroxylation is 2. The largest absolute Gasteiger partial charge is 0.389 e. The van der Waals surface area contributed by atoms with Crippen LogP contribution in [0.5, 0.6) is 0 Å². The average molecular weight is 300 g/mol. The minimum Gasteiger partial charge on any atom is -0.358 e. The third-order valence-corrected chi connectivity index (χ3v) is 3.77. The maximum atomic E-state index is 12.5. The van der Waals surface area contributed by atoms with Crippen LogP contribution in [0.4, 0.5) is 11.5 Å². The van der Waals surface area contributed by atoms with E-state index in [1.807, 2.05) is 19.1 Å². The smallest absolute Gasteiger partial charge is 0.358 e. The molecule has 2 aromatic rings. The molecule has 0 fully saturated rings. The third-order valence-electron chi connectivity index (χ3n) is 3.77. The quantitative estimate of drug-likeness (QED) is 0.642. The number of aromatic nitrogens is 2. The van der Waals surface area contributed by atoms with E-state index in [1.54, 1.807) is 4.90 Å². The molecule has 1 aliphatic rings. The summed E-state index contributed by atoms with van der Waals surface area (Å²) < 4.78 is 1.31. The number of anilines is 1. The highest BCUT2D eigenvalue weighted by atomic mass is 16.6. The lowest BCUT2D eigenvalue weighted by atomic mass is 9.99. The van der Waals surface area contributed by atoms with Crippen molar-refractivity contribution in [1.82, 2.24) is 9.78 Å². The van der Waals surface area contributed by atoms with Crippen molar-refractivity contribution in [3.8, 4) is 0 Å². The minimum atomic E-state index is -0.569. The molecule has 22 heavy (non-hydrogen) atoms. The summed E-state index contributed by atoms with van der Waals surface area (Å²) in [6.07, 6.45) is 3.34. The molecule has 1 aliphatic heterocycles. The average Bonchev–Trinajstić information content (AvgIpc) is 2.95. The Labute approximate surface area is 127 Å². The molecule has 0 aliphatic carbocycles. The van der Waals surface area contributed by atoms with Crippen LogP contribution < -0.4 is 4.90 Å². The van der Waals surface area contributed by atoms with Crippen LogP contribution in [-0.2, 0) is 17.8 Å². The summed E-state index contributed by atoms with van der Waals surface area (Å²) in [5, 5.41) is 14.4. The molecule has 7 nitrogen and oxygen atoms in total. The van der Waals surface area contributed by atoms with Gasteiger partial charge in [-0.05, 0) is 36.3 Å². The van der Waals surface area contributed by atoms with Crippen molar-refractivity contribution >= 4 is 17.4 Å². The van der Waals surface area contributed by atoms with Crippen LogP contribution in [0.2, 0.25) is 0 Å². The zero-order valence-corrected chi connectivity index (χ0v) is 12.2. The highest BCUT2D eigenvalue weighted by Gasteiger charge is 2.24. The SMILES string of the molecule is Cc1ccc2c(c1)CCCN2C(=O)Cn1ccc([N+](=O)[O-])n1. The Balaban J connectivity index is 1.80. The number of nitrogens with zero attached hydrogens (tertiary/aromatic N) is 4. The van der Waals surface area contributed by atoms with Gasteiger partial charge >= 0.3 is 5.82 Å². The number of hydrogen-bond acceptors (Lipinski definition) is 4. The van der Waals surface area contributed by atoms with Crippen molar-refractivity contribution in [2.75, 3.05) is 11.4 Å². The van der Waals surface area contributed by atoms with E-state index in [1.165, 1.54) is 28.1 Å². The summed E-state index contributed by atoms with van der Waals surface area (Å²) >= 11 is 0. The van der Waals surface area contributed by atoms with Gasteiger partial charge in [0, 0.05) is 12.2 Å². The van der Waals surface area contributed by atoms with Gasteiger partial charge in [0.15, 0.2) is 0 Å². The van der Waals surface area contributed by atoms with Crippen LogP contribution in [0.15, 0.2) is 30.5 Å². The summed E-state index contributed by atoms with van der Waals surface area (Å²) in [5.74, 6) is -0.356. The van der Waals surface area contributed by atoms with Gasteiger partial charge in [-0.15, -0.1) is 0 Å². The molecule has 0 unspecified atom stereocenters. The summed E-state index contributed by atoms with van der Waals surface area (Å²) in [5.41, 5.74) is 3.28. The van der Waals surface area contributed by atoms with Gasteiger partial charge in [0.2, 0.25) is 0 Å². The third kappa shape index (κ3) is 2.69. The number of fused-ring (bicyclic) bond motifs is 1. The number of carbonyl (C=O) groups is 1. The van der Waals surface area contributed by atoms with E-state index in [9.17, 15) is 14.9 Å². The predicted octanol–water partition coefficient (Wildman–Crippen LogP) is 2.08. The van der Waals surface area contributed by atoms with Gasteiger partial charge in [-0.3, -0.25) is 4.79 Å². The van der Waals surface area contributed by atoms with E-state index in [4.69, 9.17) is 0 Å². The number of hydrogen-bond donors (Lipinski definition) is 0. The van der Waals surface area contributed by atoms with Crippen LogP contribution in [0.3, 0.4) is 0 Å². The molecule has 0 saturated heterocycles. The molecule has 114 valence electrons. The van der Waals surface area contributed by atoms with E-state index in [0.717, 1.165) is 18.5 Å². The molecule has 2 heterocycles. The van der Waals surface area contributed by atoms with Gasteiger partial charge in [0.05, 0.1) is 17.4 Å². The molecular formula is C15H16N4O3. The van der Waals surface area contributed by atoms with E-state index in [-0.39, 0.29) is 18.3 Å². The zero-order valence-electron chi connectivity index (χ0n) is 12.2. The fourth-order valence-electron chi connectivity index (χ4n) is 2.75. The number of rotatable bonds is 3. The molecule has 0 radical (unpaired) electrons. The highest BCUT2D eigenvalue weighted by molar-refractivity contribution is 5.94. The van der Waals surface area contributed by atoms with Crippen LogP contribution in [-0.4, -0.2) is 27.2 Å². The fourth-order valence-corrected chi connectivity index (χ4v) is 2.75. The van der Waals surface area contributed by atoms with Gasteiger partial charge in [0.1, 0.15) is 6.54 Å². The first-order valence-corrected chi connectivity index (χ1v) is 7.12. The highest BCUT2D eigenvalue weighted by Crippen LogP contribution is 2.28. The van der Waals surface area contributed by atoms with Crippen molar-refractivity contribution in [1.29, 1.82) is 0 Å². The number of amides is 1. The lowest BCUT2D eigenvalue weighted by Gasteiger charge is -2.29. The lowest BCUT2D eigenvalue weighted by molar-refractivity contribution is -0.389. The summed E-state index contributed by atoms with van der Waals surface area (Å²) in [6.45, 7) is 2.70. The zero-order chi connectivity index (χ0) is 15.7. The van der Waals surface area contributed by atoms with Crippen molar-refractivity contribution in [2.45, 2.75) is 26.3 Å². The minimum absolute atomic E-state index is 0.00115. The Bertz CT molecular complexity index is 738. The molecule has 0 saturated carbocycles. The summed E-state index contributed by atoms with van der Waals surface area (Å²) in [4.78, 5) is 24.3. The molecule has 3 rings (SSSR count). The number of nitro groups is 1. The Morgan fingerprint density at radius 1 is 1.41 bits per heavy atom. The van der Waals surface area contributed by atoms with Crippen LogP contribution >= 0.6 is 0 Å². The summed E-state index contributed by atoms with van der Waals surface area (Å²) in [7, 11) is 0. The molecule has 0 N–H and O–H groups in total. The van der Waals surface area contributed by atoms with Crippen molar-refractivity contribution < 1.29 is 9.72 Å². The van der Waals surface area contributed by atoms with E-state index in [0.29, 0.717) is 6.54 Å². The van der Waals surface area contributed by atoms with Crippen LogP contribution in [0.1, 0.15) is 17.5 Å². The topological polar surface area (TPSA) is 81.3 Å². The fraction of sp³-hybridized carbons (Fsp3) is 0.333. The van der Waals surface area contributed by atoms with Gasteiger partial charge in [-0.1, -0.05) is 17.7 Å². The molecule has 0 bridgehead atoms. The first kappa shape index (κ1) is 14.2. The monoisotopic (exact) mass is 300 g/mol. The Morgan fingerprint density at radius 2 is 2.23 bits per heavy atom. The molecule has 1 aromatic heterocycles. The predicted molar refractivity (Wildman–Crippen MR) is 80.7 cm³/mol. The molecule has 1 amide bonds. The van der Waals surface area contributed by atoms with Gasteiger partial charge in [-0.2, -0.15) is 4.68 Å². The lowest BCUT2D eigenvalue weighted by Crippen LogP contribution is -2.37. The second kappa shape index (κ2) is 5.59. The maximum Gasteiger partial charge on any atom is 0.389 e. The number of carbonyl (C=O) groups excluding carboxylic acids is 1. The molecular weight excluding hydrogens is 284 g/mol. The van der Waals surface area contributed by atoms with E-state index >= 15 is 0 Å².